The maximum atomic E-state index is 10.1. The lowest BCUT2D eigenvalue weighted by Gasteiger charge is -2.00. The summed E-state index contributed by atoms with van der Waals surface area (Å²) in [7, 11) is 0. The number of aliphatic carboxylic acids is 4. The van der Waals surface area contributed by atoms with Crippen molar-refractivity contribution >= 4 is 35.8 Å². The highest BCUT2D eigenvalue weighted by Gasteiger charge is 1.94. The SMILES string of the molecule is CC(=O)OCCOC(C)=O.CCC(=O)O.CCC(=O)O.CCCC(=O)O.CCCC(=O)O. The average molecular weight is 471 g/mol. The minimum Gasteiger partial charge on any atom is -0.481 e. The first kappa shape index (κ1) is 39.3. The maximum Gasteiger partial charge on any atom is 0.303 e. The fourth-order valence-electron chi connectivity index (χ4n) is 0.799. The van der Waals surface area contributed by atoms with Crippen LogP contribution in [0.3, 0.4) is 0 Å². The smallest absolute Gasteiger partial charge is 0.303 e. The highest BCUT2D eigenvalue weighted by molar-refractivity contribution is 5.67. The van der Waals surface area contributed by atoms with Crippen LogP contribution in [0.4, 0.5) is 0 Å². The third-order valence-corrected chi connectivity index (χ3v) is 2.23. The number of carboxylic acid groups (broad SMARTS) is 4. The van der Waals surface area contributed by atoms with Gasteiger partial charge in [-0.05, 0) is 12.8 Å². The highest BCUT2D eigenvalue weighted by atomic mass is 16.6. The fourth-order valence-corrected chi connectivity index (χ4v) is 0.799. The van der Waals surface area contributed by atoms with E-state index in [2.05, 4.69) is 9.47 Å². The van der Waals surface area contributed by atoms with Crippen molar-refractivity contribution in [3.05, 3.63) is 0 Å². The van der Waals surface area contributed by atoms with Crippen molar-refractivity contribution in [1.29, 1.82) is 0 Å². The number of carboxylic acids is 4. The largest absolute Gasteiger partial charge is 0.481 e. The maximum absolute atomic E-state index is 10.1. The highest BCUT2D eigenvalue weighted by Crippen LogP contribution is 1.82. The molecule has 0 aromatic carbocycles. The summed E-state index contributed by atoms with van der Waals surface area (Å²) in [4.78, 5) is 58.2. The van der Waals surface area contributed by atoms with E-state index in [0.29, 0.717) is 12.8 Å². The molecule has 0 aliphatic heterocycles. The Kier molecular flexibility index (Phi) is 39.9. The van der Waals surface area contributed by atoms with Gasteiger partial charge in [-0.15, -0.1) is 0 Å². The Morgan fingerprint density at radius 1 is 0.531 bits per heavy atom. The summed E-state index contributed by atoms with van der Waals surface area (Å²) in [5, 5.41) is 31.3. The molecule has 0 amide bonds. The van der Waals surface area contributed by atoms with Crippen molar-refractivity contribution in [3.63, 3.8) is 0 Å². The topological polar surface area (TPSA) is 202 Å². The van der Waals surface area contributed by atoms with Crippen LogP contribution in [0.2, 0.25) is 0 Å². The number of hydrogen-bond donors (Lipinski definition) is 4. The molecule has 0 heterocycles. The third-order valence-electron chi connectivity index (χ3n) is 2.23. The molecule has 0 aromatic rings. The lowest BCUT2D eigenvalue weighted by Crippen LogP contribution is -2.09. The Bertz CT molecular complexity index is 469. The molecule has 0 atom stereocenters. The zero-order chi connectivity index (χ0) is 26.5. The second-order valence-corrected chi connectivity index (χ2v) is 5.46. The van der Waals surface area contributed by atoms with Gasteiger partial charge in [-0.3, -0.25) is 28.8 Å². The Labute approximate surface area is 188 Å². The van der Waals surface area contributed by atoms with Crippen molar-refractivity contribution < 1.29 is 58.7 Å². The van der Waals surface area contributed by atoms with Gasteiger partial charge >= 0.3 is 35.8 Å². The predicted octanol–water partition coefficient (Wildman–Crippen LogP) is 2.82. The van der Waals surface area contributed by atoms with Crippen LogP contribution >= 0.6 is 0 Å². The molecule has 0 rings (SSSR count). The lowest BCUT2D eigenvalue weighted by atomic mass is 10.4. The van der Waals surface area contributed by atoms with Crippen LogP contribution in [0.1, 0.15) is 80.1 Å². The zero-order valence-corrected chi connectivity index (χ0v) is 19.7. The van der Waals surface area contributed by atoms with Crippen molar-refractivity contribution in [2.24, 2.45) is 0 Å². The summed E-state index contributed by atoms with van der Waals surface area (Å²) in [5.74, 6) is -3.65. The molecule has 0 radical (unpaired) electrons. The Morgan fingerprint density at radius 2 is 0.750 bits per heavy atom. The van der Waals surface area contributed by atoms with Crippen molar-refractivity contribution in [2.45, 2.75) is 80.1 Å². The van der Waals surface area contributed by atoms with Gasteiger partial charge in [0.2, 0.25) is 0 Å². The van der Waals surface area contributed by atoms with Crippen molar-refractivity contribution in [3.8, 4) is 0 Å². The zero-order valence-electron chi connectivity index (χ0n) is 19.7. The number of rotatable bonds is 9. The van der Waals surface area contributed by atoms with E-state index in [1.165, 1.54) is 13.8 Å². The van der Waals surface area contributed by atoms with Crippen LogP contribution in [0.15, 0.2) is 0 Å². The Balaban J connectivity index is -0.0000000981. The number of carbonyl (C=O) groups excluding carboxylic acids is 2. The summed E-state index contributed by atoms with van der Waals surface area (Å²) in [6.45, 7) is 9.75. The first-order valence-electron chi connectivity index (χ1n) is 9.85. The van der Waals surface area contributed by atoms with Gasteiger partial charge in [0.25, 0.3) is 0 Å². The summed E-state index contributed by atoms with van der Waals surface area (Å²) in [6, 6.07) is 0. The molecule has 12 nitrogen and oxygen atoms in total. The van der Waals surface area contributed by atoms with E-state index in [4.69, 9.17) is 20.4 Å². The summed E-state index contributed by atoms with van der Waals surface area (Å²) >= 11 is 0. The normalized spacial score (nSPS) is 8.06. The number of carbonyl (C=O) groups is 6. The first-order chi connectivity index (χ1) is 14.7. The second kappa shape index (κ2) is 32.5. The van der Waals surface area contributed by atoms with Crippen LogP contribution < -0.4 is 0 Å². The minimum absolute atomic E-state index is 0.134. The van der Waals surface area contributed by atoms with E-state index in [-0.39, 0.29) is 38.0 Å². The monoisotopic (exact) mass is 470 g/mol. The molecule has 0 spiro atoms. The van der Waals surface area contributed by atoms with Gasteiger partial charge in [-0.1, -0.05) is 27.7 Å². The van der Waals surface area contributed by atoms with Gasteiger partial charge in [0, 0.05) is 39.5 Å². The molecule has 0 saturated heterocycles. The molecule has 0 bridgehead atoms. The molecule has 0 aliphatic carbocycles. The summed E-state index contributed by atoms with van der Waals surface area (Å²) in [5.41, 5.74) is 0. The minimum atomic E-state index is -0.745. The first-order valence-corrected chi connectivity index (χ1v) is 9.85. The molecule has 4 N–H and O–H groups in total. The van der Waals surface area contributed by atoms with Crippen molar-refractivity contribution in [1.82, 2.24) is 0 Å². The molecule has 0 aliphatic rings. The van der Waals surface area contributed by atoms with E-state index in [9.17, 15) is 28.8 Å². The molecular formula is C20H38O12. The molecule has 0 unspecified atom stereocenters. The van der Waals surface area contributed by atoms with E-state index >= 15 is 0 Å². The molecule has 32 heavy (non-hydrogen) atoms. The van der Waals surface area contributed by atoms with Crippen LogP contribution in [-0.2, 0) is 38.2 Å². The third kappa shape index (κ3) is 93.6. The van der Waals surface area contributed by atoms with Gasteiger partial charge in [-0.2, -0.15) is 0 Å². The molecule has 0 aromatic heterocycles. The number of ether oxygens (including phenoxy) is 2. The van der Waals surface area contributed by atoms with Gasteiger partial charge in [0.15, 0.2) is 0 Å². The molecular weight excluding hydrogens is 432 g/mol. The summed E-state index contributed by atoms with van der Waals surface area (Å²) in [6.07, 6.45) is 2.49. The van der Waals surface area contributed by atoms with Gasteiger partial charge in [0.1, 0.15) is 13.2 Å². The van der Waals surface area contributed by atoms with E-state index in [1.54, 1.807) is 13.8 Å². The standard InChI is InChI=1S/C6H10O4.2C4H8O2.2C3H6O2/c1-5(7)9-3-4-10-6(2)8;2*1-2-3-4(5)6;2*1-2-3(4)5/h3-4H2,1-2H3;2*2-3H2,1H3,(H,5,6);2*2H2,1H3,(H,4,5). The van der Waals surface area contributed by atoms with Crippen LogP contribution in [0.5, 0.6) is 0 Å². The van der Waals surface area contributed by atoms with E-state index in [1.807, 2.05) is 13.8 Å². The molecule has 0 saturated carbocycles. The van der Waals surface area contributed by atoms with E-state index < -0.39 is 23.9 Å². The Hall–Kier alpha value is -3.18. The Morgan fingerprint density at radius 3 is 0.812 bits per heavy atom. The fraction of sp³-hybridized carbons (Fsp3) is 0.700. The summed E-state index contributed by atoms with van der Waals surface area (Å²) < 4.78 is 8.95. The molecule has 12 heteroatoms. The van der Waals surface area contributed by atoms with Crippen molar-refractivity contribution in [2.75, 3.05) is 13.2 Å². The quantitative estimate of drug-likeness (QED) is 0.284. The van der Waals surface area contributed by atoms with Crippen LogP contribution in [-0.4, -0.2) is 69.5 Å². The molecule has 0 fully saturated rings. The predicted molar refractivity (Wildman–Crippen MR) is 114 cm³/mol. The van der Waals surface area contributed by atoms with Gasteiger partial charge < -0.3 is 29.9 Å². The van der Waals surface area contributed by atoms with Gasteiger partial charge in [0.05, 0.1) is 0 Å². The van der Waals surface area contributed by atoms with Crippen LogP contribution in [0, 0.1) is 0 Å². The lowest BCUT2D eigenvalue weighted by molar-refractivity contribution is -0.149. The molecule has 190 valence electrons. The number of hydrogen-bond acceptors (Lipinski definition) is 8. The van der Waals surface area contributed by atoms with Crippen LogP contribution in [0.25, 0.3) is 0 Å². The number of esters is 2. The second-order valence-electron chi connectivity index (χ2n) is 5.46. The van der Waals surface area contributed by atoms with Gasteiger partial charge in [-0.25, -0.2) is 0 Å². The van der Waals surface area contributed by atoms with E-state index in [0.717, 1.165) is 12.8 Å². The average Bonchev–Trinajstić information content (AvgIpc) is 2.66.